The number of rotatable bonds is 12. The molecule has 9 rings (SSSR count). The minimum Gasteiger partial charge on any atom is -0.493 e. The van der Waals surface area contributed by atoms with Crippen LogP contribution in [0, 0.1) is 27.4 Å². The lowest BCUT2D eigenvalue weighted by Crippen LogP contribution is -2.47. The lowest BCUT2D eigenvalue weighted by atomic mass is 9.72. The Morgan fingerprint density at radius 3 is 2.58 bits per heavy atom. The lowest BCUT2D eigenvalue weighted by Gasteiger charge is -2.39. The number of carbonyl (C=O) groups excluding carboxylic acids is 1. The van der Waals surface area contributed by atoms with Crippen molar-refractivity contribution in [1.82, 2.24) is 19.6 Å². The highest BCUT2D eigenvalue weighted by Gasteiger charge is 2.34. The molecule has 5 heterocycles. The van der Waals surface area contributed by atoms with Crippen molar-refractivity contribution in [2.24, 2.45) is 17.3 Å². The minimum atomic E-state index is -4.62. The van der Waals surface area contributed by atoms with E-state index in [2.05, 4.69) is 50.5 Å². The molecule has 0 bridgehead atoms. The molecule has 1 aliphatic carbocycles. The van der Waals surface area contributed by atoms with Crippen LogP contribution in [0.1, 0.15) is 73.9 Å². The van der Waals surface area contributed by atoms with Crippen LogP contribution in [0.15, 0.2) is 89.6 Å². The van der Waals surface area contributed by atoms with Crippen molar-refractivity contribution in [2.75, 3.05) is 57.4 Å². The first-order chi connectivity index (χ1) is 30.8. The number of anilines is 1. The van der Waals surface area contributed by atoms with Gasteiger partial charge in [0.2, 0.25) is 0 Å². The molecule has 336 valence electrons. The number of aromatic amines is 1. The second-order valence-electron chi connectivity index (χ2n) is 18.3. The number of carbonyl (C=O) groups is 1. The number of ether oxygens (including phenoxy) is 3. The number of hydrogen-bond donors (Lipinski definition) is 2. The van der Waals surface area contributed by atoms with Crippen molar-refractivity contribution < 1.29 is 32.3 Å². The molecule has 0 spiro atoms. The zero-order valence-electron chi connectivity index (χ0n) is 36.1. The van der Waals surface area contributed by atoms with Crippen molar-refractivity contribution in [3.8, 4) is 17.2 Å². The van der Waals surface area contributed by atoms with Gasteiger partial charge >= 0.3 is 0 Å². The van der Waals surface area contributed by atoms with E-state index >= 15 is 0 Å². The third-order valence-corrected chi connectivity index (χ3v) is 14.8. The van der Waals surface area contributed by atoms with Crippen LogP contribution in [0.3, 0.4) is 0 Å². The van der Waals surface area contributed by atoms with Crippen LogP contribution < -0.4 is 19.1 Å². The van der Waals surface area contributed by atoms with Crippen molar-refractivity contribution in [2.45, 2.75) is 63.7 Å². The summed E-state index contributed by atoms with van der Waals surface area (Å²) in [5.41, 5.74) is 5.76. The van der Waals surface area contributed by atoms with Crippen molar-refractivity contribution >= 4 is 55.5 Å². The number of sulfonamides is 1. The van der Waals surface area contributed by atoms with Crippen LogP contribution in [-0.4, -0.2) is 86.7 Å². The van der Waals surface area contributed by atoms with Gasteiger partial charge in [0.1, 0.15) is 22.9 Å². The number of allylic oxidation sites excluding steroid dienone is 1. The van der Waals surface area contributed by atoms with Gasteiger partial charge in [-0.25, -0.2) is 18.1 Å². The van der Waals surface area contributed by atoms with Gasteiger partial charge in [0, 0.05) is 86.4 Å². The first-order valence-electron chi connectivity index (χ1n) is 22.1. The summed E-state index contributed by atoms with van der Waals surface area (Å²) in [5, 5.41) is 13.9. The summed E-state index contributed by atoms with van der Waals surface area (Å²) in [5.74, 6) is 0.145. The Hall–Kier alpha value is -5.48. The molecule has 1 atom stereocenters. The number of pyridine rings is 1. The van der Waals surface area contributed by atoms with E-state index in [1.54, 1.807) is 30.5 Å². The van der Waals surface area contributed by atoms with Crippen molar-refractivity contribution in [3.05, 3.63) is 117 Å². The number of aromatic nitrogens is 2. The summed E-state index contributed by atoms with van der Waals surface area (Å²) in [4.78, 5) is 37.6. The molecular weight excluding hydrogens is 856 g/mol. The third-order valence-electron chi connectivity index (χ3n) is 13.2. The highest BCUT2D eigenvalue weighted by molar-refractivity contribution is 7.90. The van der Waals surface area contributed by atoms with E-state index in [1.165, 1.54) is 29.0 Å². The van der Waals surface area contributed by atoms with E-state index in [-0.39, 0.29) is 34.1 Å². The Labute approximate surface area is 378 Å². The minimum absolute atomic E-state index is 0.0401. The fourth-order valence-corrected chi connectivity index (χ4v) is 10.8. The van der Waals surface area contributed by atoms with E-state index in [4.69, 9.17) is 25.8 Å². The fraction of sp³-hybridized carbons (Fsp3) is 0.417. The molecule has 2 N–H and O–H groups in total. The summed E-state index contributed by atoms with van der Waals surface area (Å²) in [6, 6.07) is 19.2. The normalized spacial score (nSPS) is 19.5. The molecule has 0 saturated carbocycles. The SMILES string of the molecule is CC1(C)CCC(CN2CCN(c3ccc(C(=O)NS(=O)(=O)c4cc5c(c([N+](=O)[O-])c4)C[C@@H](CC4CCOCC4)CO5)c(Oc4cnc5[nH]ccc5c4)c3)CC2)=C(c2ccc(Cl)cc2)C1. The van der Waals surface area contributed by atoms with Gasteiger partial charge in [-0.15, -0.1) is 0 Å². The fourth-order valence-electron chi connectivity index (χ4n) is 9.63. The second-order valence-corrected chi connectivity index (χ2v) is 20.5. The molecule has 3 aromatic carbocycles. The topological polar surface area (TPSA) is 169 Å². The molecular formula is C48H53ClN6O8S. The van der Waals surface area contributed by atoms with Crippen LogP contribution >= 0.6 is 11.6 Å². The summed E-state index contributed by atoms with van der Waals surface area (Å²) in [7, 11) is -4.62. The number of nitro groups is 1. The number of hydrogen-bond acceptors (Lipinski definition) is 11. The maximum absolute atomic E-state index is 14.1. The van der Waals surface area contributed by atoms with Gasteiger partial charge in [-0.3, -0.25) is 19.8 Å². The van der Waals surface area contributed by atoms with Crippen LogP contribution in [0.5, 0.6) is 17.2 Å². The zero-order valence-corrected chi connectivity index (χ0v) is 37.7. The quantitative estimate of drug-likeness (QED) is 0.0904. The highest BCUT2D eigenvalue weighted by Crippen LogP contribution is 2.44. The van der Waals surface area contributed by atoms with Crippen molar-refractivity contribution in [3.63, 3.8) is 0 Å². The molecule has 5 aromatic rings. The third kappa shape index (κ3) is 9.77. The zero-order chi connectivity index (χ0) is 44.6. The summed E-state index contributed by atoms with van der Waals surface area (Å²) in [6.45, 7) is 10.3. The molecule has 2 fully saturated rings. The van der Waals surface area contributed by atoms with Gasteiger partial charge in [0.05, 0.1) is 33.7 Å². The van der Waals surface area contributed by atoms with Gasteiger partial charge in [-0.05, 0) is 110 Å². The van der Waals surface area contributed by atoms with E-state index in [0.717, 1.165) is 93.4 Å². The molecule has 4 aliphatic rings. The number of benzene rings is 3. The maximum atomic E-state index is 14.1. The van der Waals surface area contributed by atoms with Crippen LogP contribution in [0.25, 0.3) is 16.6 Å². The van der Waals surface area contributed by atoms with Crippen LogP contribution in [0.2, 0.25) is 5.02 Å². The highest BCUT2D eigenvalue weighted by atomic mass is 35.5. The summed E-state index contributed by atoms with van der Waals surface area (Å²) >= 11 is 6.25. The van der Waals surface area contributed by atoms with E-state index in [9.17, 15) is 23.3 Å². The maximum Gasteiger partial charge on any atom is 0.277 e. The molecule has 0 radical (unpaired) electrons. The second kappa shape index (κ2) is 18.2. The van der Waals surface area contributed by atoms with E-state index in [1.807, 2.05) is 18.2 Å². The van der Waals surface area contributed by atoms with Crippen LogP contribution in [-0.2, 0) is 21.2 Å². The first-order valence-corrected chi connectivity index (χ1v) is 23.9. The lowest BCUT2D eigenvalue weighted by molar-refractivity contribution is -0.386. The molecule has 64 heavy (non-hydrogen) atoms. The number of piperazine rings is 1. The number of amides is 1. The Bertz CT molecular complexity index is 2710. The molecule has 1 amide bonds. The average Bonchev–Trinajstić information content (AvgIpc) is 3.75. The van der Waals surface area contributed by atoms with E-state index < -0.39 is 25.7 Å². The first kappa shape index (κ1) is 43.8. The predicted octanol–water partition coefficient (Wildman–Crippen LogP) is 9.19. The summed E-state index contributed by atoms with van der Waals surface area (Å²) < 4.78 is 47.8. The standard InChI is InChI=1S/C48H53ClN6O8S/c1-48(2)13-9-35(42(27-48)33-3-5-36(49)6-4-33)29-53-15-17-54(18-16-53)37-7-8-40(45(24-37)63-38-23-34-10-14-50-46(34)51-28-38)47(56)52-64(59,60)39-25-43(55(57)58)41-22-32(30-62-44(41)26-39)21-31-11-19-61-20-12-31/h3-8,10,14,23-26,28,31-32H,9,11-13,15-22,27,29-30H2,1-2H3,(H,50,51)(H,52,56)/t32-/m1/s1. The number of nitro benzene ring substituents is 1. The van der Waals surface area contributed by atoms with E-state index in [0.29, 0.717) is 49.1 Å². The largest absolute Gasteiger partial charge is 0.493 e. The number of nitrogens with one attached hydrogen (secondary N) is 2. The molecule has 2 saturated heterocycles. The molecule has 3 aliphatic heterocycles. The van der Waals surface area contributed by atoms with Gasteiger partial charge in [0.25, 0.3) is 21.6 Å². The van der Waals surface area contributed by atoms with Gasteiger partial charge in [0.15, 0.2) is 0 Å². The monoisotopic (exact) mass is 908 g/mol. The number of nitrogens with zero attached hydrogens (tertiary/aromatic N) is 4. The Morgan fingerprint density at radius 2 is 1.81 bits per heavy atom. The number of fused-ring (bicyclic) bond motifs is 2. The Balaban J connectivity index is 0.938. The smallest absolute Gasteiger partial charge is 0.277 e. The van der Waals surface area contributed by atoms with Gasteiger partial charge in [-0.2, -0.15) is 0 Å². The number of H-pyrrole nitrogens is 1. The van der Waals surface area contributed by atoms with Gasteiger partial charge in [-0.1, -0.05) is 43.2 Å². The Kier molecular flexibility index (Phi) is 12.4. The average molecular weight is 910 g/mol. The van der Waals surface area contributed by atoms with Crippen LogP contribution in [0.4, 0.5) is 11.4 Å². The predicted molar refractivity (Wildman–Crippen MR) is 246 cm³/mol. The molecule has 0 unspecified atom stereocenters. The Morgan fingerprint density at radius 1 is 1.03 bits per heavy atom. The molecule has 16 heteroatoms. The van der Waals surface area contributed by atoms with Gasteiger partial charge < -0.3 is 24.1 Å². The molecule has 2 aromatic heterocycles. The van der Waals surface area contributed by atoms with Crippen molar-refractivity contribution in [1.29, 1.82) is 0 Å². The molecule has 14 nitrogen and oxygen atoms in total. The summed E-state index contributed by atoms with van der Waals surface area (Å²) in [6.07, 6.45) is 9.58. The number of halogens is 1.